The number of carbonyl (C=O) groups is 1. The second-order valence-corrected chi connectivity index (χ2v) is 7.61. The van der Waals surface area contributed by atoms with Gasteiger partial charge >= 0.3 is 0 Å². The van der Waals surface area contributed by atoms with E-state index in [1.807, 2.05) is 0 Å². The standard InChI is InChI=1S/C20H31ClN2O3/c1-15(2)14-26-19-17(21)12-16(13-18(19)25-3)20(24)22-8-7-11-23-9-5-4-6-10-23/h12-13,15H,4-11,14H2,1-3H3,(H,22,24). The van der Waals surface area contributed by atoms with Crippen molar-refractivity contribution < 1.29 is 14.3 Å². The molecule has 1 aromatic carbocycles. The number of amides is 1. The van der Waals surface area contributed by atoms with E-state index < -0.39 is 0 Å². The minimum absolute atomic E-state index is 0.140. The molecule has 1 saturated heterocycles. The molecule has 0 saturated carbocycles. The Balaban J connectivity index is 1.88. The second kappa shape index (κ2) is 10.6. The predicted octanol–water partition coefficient (Wildman–Crippen LogP) is 3.99. The molecule has 1 heterocycles. The lowest BCUT2D eigenvalue weighted by Gasteiger charge is -2.26. The van der Waals surface area contributed by atoms with E-state index in [9.17, 15) is 4.79 Å². The van der Waals surface area contributed by atoms with Crippen molar-refractivity contribution in [3.8, 4) is 11.5 Å². The minimum atomic E-state index is -0.140. The molecule has 0 aromatic heterocycles. The van der Waals surface area contributed by atoms with Crippen LogP contribution in [-0.4, -0.2) is 50.7 Å². The van der Waals surface area contributed by atoms with Crippen LogP contribution in [0.5, 0.6) is 11.5 Å². The van der Waals surface area contributed by atoms with E-state index >= 15 is 0 Å². The van der Waals surface area contributed by atoms with Gasteiger partial charge in [0.1, 0.15) is 0 Å². The quantitative estimate of drug-likeness (QED) is 0.656. The zero-order valence-corrected chi connectivity index (χ0v) is 16.9. The van der Waals surface area contributed by atoms with Crippen LogP contribution in [0, 0.1) is 5.92 Å². The van der Waals surface area contributed by atoms with Gasteiger partial charge in [-0.1, -0.05) is 31.9 Å². The molecule has 6 heteroatoms. The predicted molar refractivity (Wildman–Crippen MR) is 106 cm³/mol. The first-order valence-corrected chi connectivity index (χ1v) is 9.90. The van der Waals surface area contributed by atoms with E-state index in [2.05, 4.69) is 24.1 Å². The summed E-state index contributed by atoms with van der Waals surface area (Å²) < 4.78 is 11.1. The lowest BCUT2D eigenvalue weighted by atomic mass is 10.1. The van der Waals surface area contributed by atoms with Crippen molar-refractivity contribution in [1.82, 2.24) is 10.2 Å². The summed E-state index contributed by atoms with van der Waals surface area (Å²) in [5.74, 6) is 1.21. The van der Waals surface area contributed by atoms with Gasteiger partial charge in [-0.15, -0.1) is 0 Å². The third-order valence-corrected chi connectivity index (χ3v) is 4.72. The summed E-state index contributed by atoms with van der Waals surface area (Å²) in [6.45, 7) is 8.71. The Hall–Kier alpha value is -1.46. The number of rotatable bonds is 9. The molecule has 1 fully saturated rings. The second-order valence-electron chi connectivity index (χ2n) is 7.21. The molecule has 1 aliphatic rings. The number of hydrogen-bond donors (Lipinski definition) is 1. The summed E-state index contributed by atoms with van der Waals surface area (Å²) in [5, 5.41) is 3.36. The van der Waals surface area contributed by atoms with Crippen molar-refractivity contribution in [2.24, 2.45) is 5.92 Å². The average molecular weight is 383 g/mol. The van der Waals surface area contributed by atoms with Crippen LogP contribution < -0.4 is 14.8 Å². The Morgan fingerprint density at radius 1 is 1.27 bits per heavy atom. The molecule has 1 aromatic rings. The SMILES string of the molecule is COc1cc(C(=O)NCCCN2CCCCC2)cc(Cl)c1OCC(C)C. The number of ether oxygens (including phenoxy) is 2. The Morgan fingerprint density at radius 3 is 2.65 bits per heavy atom. The lowest BCUT2D eigenvalue weighted by Crippen LogP contribution is -2.33. The van der Waals surface area contributed by atoms with Crippen LogP contribution in [0.15, 0.2) is 12.1 Å². The van der Waals surface area contributed by atoms with Gasteiger partial charge in [0.15, 0.2) is 11.5 Å². The molecule has 2 rings (SSSR count). The number of halogens is 1. The van der Waals surface area contributed by atoms with Crippen molar-refractivity contribution in [1.29, 1.82) is 0 Å². The Morgan fingerprint density at radius 2 is 2.00 bits per heavy atom. The number of methoxy groups -OCH3 is 1. The summed E-state index contributed by atoms with van der Waals surface area (Å²) >= 11 is 6.31. The van der Waals surface area contributed by atoms with Crippen LogP contribution >= 0.6 is 11.6 Å². The summed E-state index contributed by atoms with van der Waals surface area (Å²) in [6, 6.07) is 3.32. The number of benzene rings is 1. The average Bonchev–Trinajstić information content (AvgIpc) is 2.64. The van der Waals surface area contributed by atoms with Crippen molar-refractivity contribution in [2.75, 3.05) is 39.9 Å². The number of nitrogens with one attached hydrogen (secondary N) is 1. The highest BCUT2D eigenvalue weighted by molar-refractivity contribution is 6.32. The molecule has 1 N–H and O–H groups in total. The number of nitrogens with zero attached hydrogens (tertiary/aromatic N) is 1. The maximum Gasteiger partial charge on any atom is 0.251 e. The highest BCUT2D eigenvalue weighted by Gasteiger charge is 2.16. The van der Waals surface area contributed by atoms with Crippen LogP contribution in [0.3, 0.4) is 0 Å². The largest absolute Gasteiger partial charge is 0.493 e. The van der Waals surface area contributed by atoms with Crippen LogP contribution in [0.2, 0.25) is 5.02 Å². The van der Waals surface area contributed by atoms with E-state index in [1.54, 1.807) is 19.2 Å². The van der Waals surface area contributed by atoms with Crippen LogP contribution in [0.1, 0.15) is 49.9 Å². The van der Waals surface area contributed by atoms with E-state index in [-0.39, 0.29) is 5.91 Å². The third kappa shape index (κ3) is 6.36. The Kier molecular flexibility index (Phi) is 8.52. The fourth-order valence-corrected chi connectivity index (χ4v) is 3.30. The van der Waals surface area contributed by atoms with Crippen molar-refractivity contribution >= 4 is 17.5 Å². The first kappa shape index (κ1) is 20.8. The third-order valence-electron chi connectivity index (χ3n) is 4.44. The number of piperidine rings is 1. The summed E-state index contributed by atoms with van der Waals surface area (Å²) in [6.07, 6.45) is 4.87. The maximum absolute atomic E-state index is 12.4. The van der Waals surface area contributed by atoms with E-state index in [4.69, 9.17) is 21.1 Å². The van der Waals surface area contributed by atoms with Gasteiger partial charge in [-0.25, -0.2) is 0 Å². The first-order chi connectivity index (χ1) is 12.5. The lowest BCUT2D eigenvalue weighted by molar-refractivity contribution is 0.0950. The van der Waals surface area contributed by atoms with Crippen molar-refractivity contribution in [2.45, 2.75) is 39.5 Å². The molecule has 0 atom stereocenters. The van der Waals surface area contributed by atoms with Gasteiger partial charge in [0.25, 0.3) is 5.91 Å². The topological polar surface area (TPSA) is 50.8 Å². The van der Waals surface area contributed by atoms with Crippen LogP contribution in [-0.2, 0) is 0 Å². The van der Waals surface area contributed by atoms with Gasteiger partial charge in [-0.05, 0) is 56.9 Å². The molecular weight excluding hydrogens is 352 g/mol. The molecule has 5 nitrogen and oxygen atoms in total. The number of carbonyl (C=O) groups excluding carboxylic acids is 1. The molecule has 1 amide bonds. The first-order valence-electron chi connectivity index (χ1n) is 9.52. The highest BCUT2D eigenvalue weighted by Crippen LogP contribution is 2.36. The maximum atomic E-state index is 12.4. The van der Waals surface area contributed by atoms with Gasteiger partial charge in [-0.3, -0.25) is 4.79 Å². The summed E-state index contributed by atoms with van der Waals surface area (Å²) in [7, 11) is 1.55. The molecule has 146 valence electrons. The summed E-state index contributed by atoms with van der Waals surface area (Å²) in [5.41, 5.74) is 0.488. The van der Waals surface area contributed by atoms with Gasteiger partial charge in [-0.2, -0.15) is 0 Å². The Labute approximate surface area is 162 Å². The smallest absolute Gasteiger partial charge is 0.251 e. The molecule has 0 spiro atoms. The number of hydrogen-bond acceptors (Lipinski definition) is 4. The highest BCUT2D eigenvalue weighted by atomic mass is 35.5. The van der Waals surface area contributed by atoms with E-state index in [0.717, 1.165) is 13.0 Å². The van der Waals surface area contributed by atoms with Gasteiger partial charge in [0.05, 0.1) is 18.7 Å². The molecular formula is C20H31ClN2O3. The van der Waals surface area contributed by atoms with Crippen LogP contribution in [0.25, 0.3) is 0 Å². The molecule has 0 bridgehead atoms. The van der Waals surface area contributed by atoms with Gasteiger partial charge in [0.2, 0.25) is 0 Å². The Bertz CT molecular complexity index is 587. The molecule has 0 radical (unpaired) electrons. The zero-order valence-electron chi connectivity index (χ0n) is 16.1. The monoisotopic (exact) mass is 382 g/mol. The zero-order chi connectivity index (χ0) is 18.9. The number of likely N-dealkylation sites (tertiary alicyclic amines) is 1. The minimum Gasteiger partial charge on any atom is -0.493 e. The van der Waals surface area contributed by atoms with Gasteiger partial charge < -0.3 is 19.7 Å². The van der Waals surface area contributed by atoms with Gasteiger partial charge in [0, 0.05) is 12.1 Å². The molecule has 1 aliphatic heterocycles. The van der Waals surface area contributed by atoms with Crippen molar-refractivity contribution in [3.63, 3.8) is 0 Å². The van der Waals surface area contributed by atoms with E-state index in [1.165, 1.54) is 32.4 Å². The van der Waals surface area contributed by atoms with Crippen molar-refractivity contribution in [3.05, 3.63) is 22.7 Å². The molecule has 0 unspecified atom stereocenters. The molecule has 0 aliphatic carbocycles. The normalized spacial score (nSPS) is 15.1. The van der Waals surface area contributed by atoms with E-state index in [0.29, 0.717) is 41.2 Å². The fraction of sp³-hybridized carbons (Fsp3) is 0.650. The summed E-state index contributed by atoms with van der Waals surface area (Å²) in [4.78, 5) is 14.9. The fourth-order valence-electron chi connectivity index (χ4n) is 3.03. The molecule has 26 heavy (non-hydrogen) atoms. The van der Waals surface area contributed by atoms with Crippen LogP contribution in [0.4, 0.5) is 0 Å².